The van der Waals surface area contributed by atoms with Gasteiger partial charge in [0.2, 0.25) is 0 Å². The van der Waals surface area contributed by atoms with Gasteiger partial charge in [-0.2, -0.15) is 0 Å². The Morgan fingerprint density at radius 2 is 2.50 bits per heavy atom. The van der Waals surface area contributed by atoms with Gasteiger partial charge in [0.25, 0.3) is 0 Å². The zero-order chi connectivity index (χ0) is 7.61. The molecule has 3 heteroatoms. The highest BCUT2D eigenvalue weighted by atomic mass is 16.5. The summed E-state index contributed by atoms with van der Waals surface area (Å²) in [6, 6.07) is 0. The monoisotopic (exact) mass is 145 g/mol. The first-order chi connectivity index (χ1) is 4.75. The van der Waals surface area contributed by atoms with Crippen LogP contribution in [0.25, 0.3) is 0 Å². The smallest absolute Gasteiger partial charge is 0.0751 e. The highest BCUT2D eigenvalue weighted by Crippen LogP contribution is 2.24. The van der Waals surface area contributed by atoms with Crippen molar-refractivity contribution in [3.05, 3.63) is 0 Å². The molecule has 1 saturated heterocycles. The zero-order valence-electron chi connectivity index (χ0n) is 6.55. The molecule has 1 fully saturated rings. The molecule has 2 atom stereocenters. The van der Waals surface area contributed by atoms with Crippen molar-refractivity contribution in [1.82, 2.24) is 5.32 Å². The molecule has 60 valence electrons. The molecule has 0 saturated carbocycles. The van der Waals surface area contributed by atoms with Crippen LogP contribution in [0.15, 0.2) is 0 Å². The van der Waals surface area contributed by atoms with Crippen LogP contribution in [0.1, 0.15) is 13.3 Å². The largest absolute Gasteiger partial charge is 0.394 e. The molecule has 0 amide bonds. The van der Waals surface area contributed by atoms with E-state index in [1.807, 2.05) is 14.0 Å². The molecule has 1 rings (SSSR count). The maximum Gasteiger partial charge on any atom is 0.0751 e. The van der Waals surface area contributed by atoms with Gasteiger partial charge in [0.1, 0.15) is 0 Å². The fourth-order valence-corrected chi connectivity index (χ4v) is 1.40. The lowest BCUT2D eigenvalue weighted by molar-refractivity contribution is 0.0576. The fraction of sp³-hybridized carbons (Fsp3) is 1.00. The van der Waals surface area contributed by atoms with E-state index in [-0.39, 0.29) is 18.2 Å². The first-order valence-electron chi connectivity index (χ1n) is 3.66. The summed E-state index contributed by atoms with van der Waals surface area (Å²) in [5, 5.41) is 12.1. The molecule has 10 heavy (non-hydrogen) atoms. The van der Waals surface area contributed by atoms with Gasteiger partial charge in [0.15, 0.2) is 0 Å². The number of hydrogen-bond acceptors (Lipinski definition) is 3. The normalized spacial score (nSPS) is 40.5. The summed E-state index contributed by atoms with van der Waals surface area (Å²) in [4.78, 5) is 0. The minimum absolute atomic E-state index is 0.127. The third-order valence-corrected chi connectivity index (χ3v) is 2.47. The molecule has 0 radical (unpaired) electrons. The van der Waals surface area contributed by atoms with E-state index < -0.39 is 0 Å². The second-order valence-electron chi connectivity index (χ2n) is 2.83. The van der Waals surface area contributed by atoms with E-state index in [0.29, 0.717) is 0 Å². The van der Waals surface area contributed by atoms with Crippen LogP contribution in [-0.4, -0.2) is 37.0 Å². The number of hydrogen-bond donors (Lipinski definition) is 2. The van der Waals surface area contributed by atoms with Crippen LogP contribution in [0.3, 0.4) is 0 Å². The summed E-state index contributed by atoms with van der Waals surface area (Å²) < 4.78 is 5.33. The SMILES string of the molecule is CNC1(CO)CCOC1C. The van der Waals surface area contributed by atoms with E-state index in [0.717, 1.165) is 13.0 Å². The van der Waals surface area contributed by atoms with Gasteiger partial charge in [-0.1, -0.05) is 0 Å². The number of likely N-dealkylation sites (N-methyl/N-ethyl adjacent to an activating group) is 1. The molecule has 0 bridgehead atoms. The van der Waals surface area contributed by atoms with Crippen molar-refractivity contribution in [1.29, 1.82) is 0 Å². The number of aliphatic hydroxyl groups is 1. The number of aliphatic hydroxyl groups excluding tert-OH is 1. The topological polar surface area (TPSA) is 41.5 Å². The molecule has 2 unspecified atom stereocenters. The van der Waals surface area contributed by atoms with Gasteiger partial charge in [-0.15, -0.1) is 0 Å². The van der Waals surface area contributed by atoms with Crippen LogP contribution < -0.4 is 5.32 Å². The summed E-state index contributed by atoms with van der Waals surface area (Å²) in [6.45, 7) is 2.90. The van der Waals surface area contributed by atoms with Gasteiger partial charge < -0.3 is 15.2 Å². The van der Waals surface area contributed by atoms with Crippen molar-refractivity contribution in [3.63, 3.8) is 0 Å². The Morgan fingerprint density at radius 1 is 1.80 bits per heavy atom. The van der Waals surface area contributed by atoms with E-state index in [1.54, 1.807) is 0 Å². The quantitative estimate of drug-likeness (QED) is 0.563. The standard InChI is InChI=1S/C7H15NO2/c1-6-7(5-9,8-2)3-4-10-6/h6,8-9H,3-5H2,1-2H3. The molecule has 3 nitrogen and oxygen atoms in total. The molecule has 2 N–H and O–H groups in total. The van der Waals surface area contributed by atoms with Crippen LogP contribution in [-0.2, 0) is 4.74 Å². The Labute approximate surface area is 61.4 Å². The average molecular weight is 145 g/mol. The number of ether oxygens (including phenoxy) is 1. The Kier molecular flexibility index (Phi) is 2.28. The zero-order valence-corrected chi connectivity index (χ0v) is 6.55. The van der Waals surface area contributed by atoms with E-state index in [1.165, 1.54) is 0 Å². The summed E-state index contributed by atoms with van der Waals surface area (Å²) in [7, 11) is 1.86. The molecule has 0 aromatic heterocycles. The number of nitrogens with one attached hydrogen (secondary N) is 1. The van der Waals surface area contributed by atoms with Crippen molar-refractivity contribution in [2.75, 3.05) is 20.3 Å². The Bertz CT molecular complexity index is 112. The van der Waals surface area contributed by atoms with Crippen molar-refractivity contribution < 1.29 is 9.84 Å². The fourth-order valence-electron chi connectivity index (χ4n) is 1.40. The van der Waals surface area contributed by atoms with Crippen LogP contribution in [0, 0.1) is 0 Å². The lowest BCUT2D eigenvalue weighted by Gasteiger charge is -2.29. The lowest BCUT2D eigenvalue weighted by atomic mass is 9.94. The molecule has 0 spiro atoms. The summed E-state index contributed by atoms with van der Waals surface area (Å²) in [5.74, 6) is 0. The van der Waals surface area contributed by atoms with Gasteiger partial charge in [0, 0.05) is 6.61 Å². The summed E-state index contributed by atoms with van der Waals surface area (Å²) >= 11 is 0. The maximum absolute atomic E-state index is 9.04. The van der Waals surface area contributed by atoms with Crippen molar-refractivity contribution >= 4 is 0 Å². The van der Waals surface area contributed by atoms with Crippen LogP contribution >= 0.6 is 0 Å². The Morgan fingerprint density at radius 3 is 2.70 bits per heavy atom. The van der Waals surface area contributed by atoms with Gasteiger partial charge in [0.05, 0.1) is 18.2 Å². The van der Waals surface area contributed by atoms with E-state index in [4.69, 9.17) is 9.84 Å². The predicted molar refractivity (Wildman–Crippen MR) is 38.9 cm³/mol. The Hall–Kier alpha value is -0.120. The molecule has 1 heterocycles. The average Bonchev–Trinajstić information content (AvgIpc) is 2.32. The minimum atomic E-state index is -0.181. The van der Waals surface area contributed by atoms with Crippen molar-refractivity contribution in [3.8, 4) is 0 Å². The first kappa shape index (κ1) is 7.98. The number of rotatable bonds is 2. The molecular weight excluding hydrogens is 130 g/mol. The molecular formula is C7H15NO2. The molecule has 0 aliphatic carbocycles. The first-order valence-corrected chi connectivity index (χ1v) is 3.66. The molecule has 1 aliphatic rings. The van der Waals surface area contributed by atoms with E-state index in [9.17, 15) is 0 Å². The van der Waals surface area contributed by atoms with Crippen molar-refractivity contribution in [2.45, 2.75) is 25.0 Å². The highest BCUT2D eigenvalue weighted by Gasteiger charge is 2.39. The molecule has 0 aromatic carbocycles. The maximum atomic E-state index is 9.04. The molecule has 1 aliphatic heterocycles. The van der Waals surface area contributed by atoms with Gasteiger partial charge in [-0.05, 0) is 20.4 Å². The third-order valence-electron chi connectivity index (χ3n) is 2.47. The van der Waals surface area contributed by atoms with Gasteiger partial charge >= 0.3 is 0 Å². The summed E-state index contributed by atoms with van der Waals surface area (Å²) in [5.41, 5.74) is -0.181. The van der Waals surface area contributed by atoms with Crippen molar-refractivity contribution in [2.24, 2.45) is 0 Å². The van der Waals surface area contributed by atoms with Crippen LogP contribution in [0.4, 0.5) is 0 Å². The summed E-state index contributed by atoms with van der Waals surface area (Å²) in [6.07, 6.45) is 1.03. The van der Waals surface area contributed by atoms with Gasteiger partial charge in [-0.25, -0.2) is 0 Å². The highest BCUT2D eigenvalue weighted by molar-refractivity contribution is 4.95. The third kappa shape index (κ3) is 1.05. The second kappa shape index (κ2) is 2.86. The minimum Gasteiger partial charge on any atom is -0.394 e. The van der Waals surface area contributed by atoms with Crippen LogP contribution in [0.5, 0.6) is 0 Å². The predicted octanol–water partition coefficient (Wildman–Crippen LogP) is -0.254. The Balaban J connectivity index is 2.61. The molecule has 0 aromatic rings. The van der Waals surface area contributed by atoms with E-state index in [2.05, 4.69) is 5.32 Å². The van der Waals surface area contributed by atoms with Crippen LogP contribution in [0.2, 0.25) is 0 Å². The van der Waals surface area contributed by atoms with E-state index >= 15 is 0 Å². The van der Waals surface area contributed by atoms with Gasteiger partial charge in [-0.3, -0.25) is 0 Å². The lowest BCUT2D eigenvalue weighted by Crippen LogP contribution is -2.51. The second-order valence-corrected chi connectivity index (χ2v) is 2.83.